The second-order valence-electron chi connectivity index (χ2n) is 4.93. The lowest BCUT2D eigenvalue weighted by molar-refractivity contribution is 0.415. The van der Waals surface area contributed by atoms with Gasteiger partial charge in [-0.1, -0.05) is 29.3 Å². The van der Waals surface area contributed by atoms with Gasteiger partial charge in [0.1, 0.15) is 10.6 Å². The zero-order valence-electron chi connectivity index (χ0n) is 12.5. The molecule has 0 saturated carbocycles. The lowest BCUT2D eigenvalue weighted by atomic mass is 10.2. The van der Waals surface area contributed by atoms with Gasteiger partial charge in [0.2, 0.25) is 0 Å². The molecule has 2 aromatic carbocycles. The molecule has 0 atom stereocenters. The second kappa shape index (κ2) is 6.47. The normalized spacial score (nSPS) is 11.5. The third-order valence-electron chi connectivity index (χ3n) is 3.34. The minimum atomic E-state index is -3.91. The van der Waals surface area contributed by atoms with Gasteiger partial charge in [0.25, 0.3) is 10.0 Å². The minimum Gasteiger partial charge on any atom is -0.497 e. The average molecular weight is 383 g/mol. The zero-order valence-corrected chi connectivity index (χ0v) is 14.8. The van der Waals surface area contributed by atoms with Crippen molar-refractivity contribution in [2.75, 3.05) is 11.8 Å². The van der Waals surface area contributed by atoms with Crippen molar-refractivity contribution in [2.24, 2.45) is 0 Å². The maximum atomic E-state index is 12.7. The fraction of sp³-hybridized carbons (Fsp3) is 0.0625. The molecule has 0 amide bonds. The van der Waals surface area contributed by atoms with Crippen molar-refractivity contribution in [3.63, 3.8) is 0 Å². The third-order valence-corrected chi connectivity index (χ3v) is 5.43. The van der Waals surface area contributed by atoms with Gasteiger partial charge in [0.15, 0.2) is 0 Å². The van der Waals surface area contributed by atoms with Crippen molar-refractivity contribution < 1.29 is 13.2 Å². The summed E-state index contributed by atoms with van der Waals surface area (Å²) in [4.78, 5) is 4.17. The number of nitrogens with one attached hydrogen (secondary N) is 1. The summed E-state index contributed by atoms with van der Waals surface area (Å²) >= 11 is 11.8. The van der Waals surface area contributed by atoms with Crippen LogP contribution in [0.1, 0.15) is 0 Å². The Labute approximate surface area is 149 Å². The van der Waals surface area contributed by atoms with E-state index in [9.17, 15) is 8.42 Å². The quantitative estimate of drug-likeness (QED) is 0.727. The molecule has 0 radical (unpaired) electrons. The fourth-order valence-electron chi connectivity index (χ4n) is 2.25. The van der Waals surface area contributed by atoms with Crippen LogP contribution >= 0.6 is 23.2 Å². The van der Waals surface area contributed by atoms with E-state index in [0.29, 0.717) is 22.0 Å². The van der Waals surface area contributed by atoms with E-state index in [1.165, 1.54) is 25.3 Å². The first-order chi connectivity index (χ1) is 11.4. The Morgan fingerprint density at radius 1 is 1.12 bits per heavy atom. The lowest BCUT2D eigenvalue weighted by Gasteiger charge is -2.13. The largest absolute Gasteiger partial charge is 0.497 e. The van der Waals surface area contributed by atoms with Crippen molar-refractivity contribution in [3.05, 3.63) is 58.7 Å². The first-order valence-electron chi connectivity index (χ1n) is 6.81. The van der Waals surface area contributed by atoms with Gasteiger partial charge >= 0.3 is 0 Å². The first kappa shape index (κ1) is 16.8. The molecule has 3 aromatic rings. The molecule has 8 heteroatoms. The standard InChI is InChI=1S/C16H12Cl2N2O3S/c1-23-12-7-10-3-2-6-19-16(10)14(9-12)20-24(21,22)15-5-4-11(17)8-13(15)18/h2-9,20H,1H3. The molecule has 0 aliphatic carbocycles. The van der Waals surface area contributed by atoms with Gasteiger partial charge in [0.05, 0.1) is 23.3 Å². The van der Waals surface area contributed by atoms with Gasteiger partial charge in [-0.15, -0.1) is 0 Å². The Balaban J connectivity index is 2.11. The van der Waals surface area contributed by atoms with Crippen molar-refractivity contribution in [1.29, 1.82) is 0 Å². The molecule has 1 heterocycles. The van der Waals surface area contributed by atoms with E-state index in [-0.39, 0.29) is 9.92 Å². The number of hydrogen-bond acceptors (Lipinski definition) is 4. The number of ether oxygens (including phenoxy) is 1. The molecule has 3 rings (SSSR count). The number of aromatic nitrogens is 1. The number of halogens is 2. The van der Waals surface area contributed by atoms with Crippen LogP contribution in [0.25, 0.3) is 10.9 Å². The molecule has 5 nitrogen and oxygen atoms in total. The van der Waals surface area contributed by atoms with Crippen LogP contribution in [0.5, 0.6) is 5.75 Å². The van der Waals surface area contributed by atoms with Crippen LogP contribution in [0.2, 0.25) is 10.0 Å². The summed E-state index contributed by atoms with van der Waals surface area (Å²) in [6.07, 6.45) is 1.59. The highest BCUT2D eigenvalue weighted by molar-refractivity contribution is 7.92. The summed E-state index contributed by atoms with van der Waals surface area (Å²) in [5, 5.41) is 1.14. The van der Waals surface area contributed by atoms with Gasteiger partial charge in [-0.25, -0.2) is 8.42 Å². The Morgan fingerprint density at radius 2 is 1.92 bits per heavy atom. The van der Waals surface area contributed by atoms with Crippen molar-refractivity contribution in [1.82, 2.24) is 4.98 Å². The van der Waals surface area contributed by atoms with Crippen LogP contribution in [-0.2, 0) is 10.0 Å². The number of anilines is 1. The van der Waals surface area contributed by atoms with E-state index in [2.05, 4.69) is 9.71 Å². The smallest absolute Gasteiger partial charge is 0.263 e. The number of pyridine rings is 1. The van der Waals surface area contributed by atoms with Gasteiger partial charge in [-0.05, 0) is 30.3 Å². The fourth-order valence-corrected chi connectivity index (χ4v) is 4.08. The molecule has 1 aromatic heterocycles. The monoisotopic (exact) mass is 382 g/mol. The van der Waals surface area contributed by atoms with Crippen molar-refractivity contribution >= 4 is 49.8 Å². The predicted octanol–water partition coefficient (Wildman–Crippen LogP) is 4.35. The van der Waals surface area contributed by atoms with Crippen LogP contribution in [0.15, 0.2) is 53.6 Å². The first-order valence-corrected chi connectivity index (χ1v) is 9.05. The minimum absolute atomic E-state index is 0.0372. The molecular formula is C16H12Cl2N2O3S. The van der Waals surface area contributed by atoms with Gasteiger partial charge < -0.3 is 4.74 Å². The van der Waals surface area contributed by atoms with E-state index in [0.717, 1.165) is 5.39 Å². The van der Waals surface area contributed by atoms with E-state index < -0.39 is 10.0 Å². The molecule has 24 heavy (non-hydrogen) atoms. The molecule has 0 spiro atoms. The van der Waals surface area contributed by atoms with E-state index >= 15 is 0 Å². The highest BCUT2D eigenvalue weighted by Gasteiger charge is 2.20. The summed E-state index contributed by atoms with van der Waals surface area (Å²) in [5.74, 6) is 0.510. The van der Waals surface area contributed by atoms with Crippen LogP contribution in [-0.4, -0.2) is 20.5 Å². The molecule has 0 bridgehead atoms. The Morgan fingerprint density at radius 3 is 2.62 bits per heavy atom. The molecule has 0 unspecified atom stereocenters. The molecule has 0 aliphatic rings. The molecule has 0 fully saturated rings. The third kappa shape index (κ3) is 3.26. The van der Waals surface area contributed by atoms with Crippen LogP contribution in [0.3, 0.4) is 0 Å². The number of methoxy groups -OCH3 is 1. The van der Waals surface area contributed by atoms with Crippen LogP contribution < -0.4 is 9.46 Å². The summed E-state index contributed by atoms with van der Waals surface area (Å²) in [5.41, 5.74) is 0.808. The molecule has 1 N–H and O–H groups in total. The highest BCUT2D eigenvalue weighted by Crippen LogP contribution is 2.31. The Kier molecular flexibility index (Phi) is 4.54. The maximum Gasteiger partial charge on any atom is 0.263 e. The summed E-state index contributed by atoms with van der Waals surface area (Å²) in [6.45, 7) is 0. The Bertz CT molecular complexity index is 1020. The molecule has 124 valence electrons. The average Bonchev–Trinajstić information content (AvgIpc) is 2.54. The maximum absolute atomic E-state index is 12.7. The number of fused-ring (bicyclic) bond motifs is 1. The number of sulfonamides is 1. The Hall–Kier alpha value is -2.02. The number of rotatable bonds is 4. The number of nitrogens with zero attached hydrogens (tertiary/aromatic N) is 1. The SMILES string of the molecule is COc1cc(NS(=O)(=O)c2ccc(Cl)cc2Cl)c2ncccc2c1. The zero-order chi connectivity index (χ0) is 17.3. The lowest BCUT2D eigenvalue weighted by Crippen LogP contribution is -2.14. The number of benzene rings is 2. The van der Waals surface area contributed by atoms with Gasteiger partial charge in [0, 0.05) is 22.7 Å². The van der Waals surface area contributed by atoms with E-state index in [4.69, 9.17) is 27.9 Å². The predicted molar refractivity (Wildman–Crippen MR) is 95.6 cm³/mol. The molecule has 0 aliphatic heterocycles. The van der Waals surface area contributed by atoms with Crippen LogP contribution in [0, 0.1) is 0 Å². The second-order valence-corrected chi connectivity index (χ2v) is 7.42. The van der Waals surface area contributed by atoms with Crippen molar-refractivity contribution in [3.8, 4) is 5.75 Å². The van der Waals surface area contributed by atoms with Crippen molar-refractivity contribution in [2.45, 2.75) is 4.90 Å². The van der Waals surface area contributed by atoms with Gasteiger partial charge in [-0.3, -0.25) is 9.71 Å². The van der Waals surface area contributed by atoms with Gasteiger partial charge in [-0.2, -0.15) is 0 Å². The topological polar surface area (TPSA) is 68.3 Å². The summed E-state index contributed by atoms with van der Waals surface area (Å²) < 4.78 is 33.1. The van der Waals surface area contributed by atoms with Crippen LogP contribution in [0.4, 0.5) is 5.69 Å². The summed E-state index contributed by atoms with van der Waals surface area (Å²) in [7, 11) is -2.41. The number of hydrogen-bond donors (Lipinski definition) is 1. The molecular weight excluding hydrogens is 371 g/mol. The summed E-state index contributed by atoms with van der Waals surface area (Å²) in [6, 6.07) is 11.1. The van der Waals surface area contributed by atoms with E-state index in [1.54, 1.807) is 24.4 Å². The highest BCUT2D eigenvalue weighted by atomic mass is 35.5. The van der Waals surface area contributed by atoms with E-state index in [1.807, 2.05) is 6.07 Å². The molecule has 0 saturated heterocycles.